The molecule has 1 aliphatic heterocycles. The zero-order chi connectivity index (χ0) is 38.3. The summed E-state index contributed by atoms with van der Waals surface area (Å²) in [5.41, 5.74) is 9.13. The van der Waals surface area contributed by atoms with Gasteiger partial charge in [0.15, 0.2) is 12.1 Å². The highest BCUT2D eigenvalue weighted by Gasteiger charge is 2.38. The lowest BCUT2D eigenvalue weighted by atomic mass is 9.91. The first-order valence-electron chi connectivity index (χ1n) is 18.6. The maximum absolute atomic E-state index is 12.6. The molecular formula is C47H41N3O5S. The van der Waals surface area contributed by atoms with Crippen molar-refractivity contribution in [3.63, 3.8) is 0 Å². The van der Waals surface area contributed by atoms with Gasteiger partial charge >= 0.3 is 0 Å². The molecule has 8 nitrogen and oxygen atoms in total. The molecule has 1 amide bonds. The Balaban J connectivity index is 1.02. The molecule has 56 heavy (non-hydrogen) atoms. The highest BCUT2D eigenvalue weighted by molar-refractivity contribution is 7.99. The first-order chi connectivity index (χ1) is 27.5. The van der Waals surface area contributed by atoms with Crippen LogP contribution in [0.1, 0.15) is 51.9 Å². The molecule has 1 aliphatic rings. The van der Waals surface area contributed by atoms with Gasteiger partial charge in [0.1, 0.15) is 5.69 Å². The summed E-state index contributed by atoms with van der Waals surface area (Å²) in [7, 11) is 0. The van der Waals surface area contributed by atoms with Crippen molar-refractivity contribution in [2.24, 2.45) is 5.92 Å². The number of aromatic nitrogens is 2. The van der Waals surface area contributed by atoms with Crippen molar-refractivity contribution in [3.8, 4) is 33.7 Å². The van der Waals surface area contributed by atoms with Crippen LogP contribution in [-0.2, 0) is 22.6 Å². The van der Waals surface area contributed by atoms with Gasteiger partial charge in [0.05, 0.1) is 24.4 Å². The van der Waals surface area contributed by atoms with Gasteiger partial charge in [-0.25, -0.2) is 4.98 Å². The number of nitrogens with zero attached hydrogens (tertiary/aromatic N) is 2. The molecule has 0 radical (unpaired) electrons. The van der Waals surface area contributed by atoms with E-state index in [4.69, 9.17) is 18.9 Å². The number of aliphatic hydroxyl groups excluding tert-OH is 1. The highest BCUT2D eigenvalue weighted by atomic mass is 32.2. The second-order valence-electron chi connectivity index (χ2n) is 13.8. The second-order valence-corrected chi connectivity index (χ2v) is 14.7. The Morgan fingerprint density at radius 3 is 2.16 bits per heavy atom. The normalized spacial score (nSPS) is 18.0. The van der Waals surface area contributed by atoms with Crippen LogP contribution in [0.3, 0.4) is 0 Å². The van der Waals surface area contributed by atoms with Gasteiger partial charge in [0.25, 0.3) is 11.1 Å². The molecule has 1 fully saturated rings. The van der Waals surface area contributed by atoms with Crippen molar-refractivity contribution >= 4 is 17.7 Å². The minimum absolute atomic E-state index is 0.00321. The lowest BCUT2D eigenvalue weighted by molar-refractivity contribution is -0.268. The molecule has 3 heterocycles. The number of benzene rings is 5. The molecule has 0 aliphatic carbocycles. The fourth-order valence-corrected chi connectivity index (χ4v) is 7.86. The van der Waals surface area contributed by atoms with E-state index in [9.17, 15) is 9.90 Å². The maximum atomic E-state index is 12.6. The molecule has 0 bridgehead atoms. The van der Waals surface area contributed by atoms with Crippen LogP contribution in [0.5, 0.6) is 0 Å². The van der Waals surface area contributed by atoms with Crippen molar-refractivity contribution in [2.45, 2.75) is 43.8 Å². The zero-order valence-electron chi connectivity index (χ0n) is 30.8. The van der Waals surface area contributed by atoms with Gasteiger partial charge in [-0.05, 0) is 46.0 Å². The van der Waals surface area contributed by atoms with E-state index < -0.39 is 6.29 Å². The number of carbonyl (C=O) groups excluding carboxylic acids is 1. The van der Waals surface area contributed by atoms with E-state index in [2.05, 4.69) is 53.6 Å². The Hall–Kier alpha value is -5.84. The van der Waals surface area contributed by atoms with Gasteiger partial charge < -0.3 is 24.3 Å². The Kier molecular flexibility index (Phi) is 11.5. The summed E-state index contributed by atoms with van der Waals surface area (Å²) in [5, 5.41) is 13.3. The maximum Gasteiger partial charge on any atom is 0.256 e. The number of hydrogen-bond donors (Lipinski definition) is 2. The minimum Gasteiger partial charge on any atom is -0.431 e. The van der Waals surface area contributed by atoms with Crippen LogP contribution >= 0.6 is 11.8 Å². The van der Waals surface area contributed by atoms with Crippen molar-refractivity contribution in [1.29, 1.82) is 0 Å². The molecule has 7 aromatic rings. The number of pyridine rings is 1. The smallest absolute Gasteiger partial charge is 0.256 e. The first-order valence-corrected chi connectivity index (χ1v) is 19.6. The molecular weight excluding hydrogens is 719 g/mol. The number of amides is 1. The van der Waals surface area contributed by atoms with Gasteiger partial charge in [-0.3, -0.25) is 9.78 Å². The Bertz CT molecular complexity index is 2300. The largest absolute Gasteiger partial charge is 0.431 e. The van der Waals surface area contributed by atoms with Gasteiger partial charge in [0.2, 0.25) is 0 Å². The molecule has 280 valence electrons. The third-order valence-corrected chi connectivity index (χ3v) is 10.9. The average Bonchev–Trinajstić information content (AvgIpc) is 3.71. The van der Waals surface area contributed by atoms with Gasteiger partial charge in [-0.15, -0.1) is 0 Å². The number of hydrogen-bond acceptors (Lipinski definition) is 8. The molecule has 8 rings (SSSR count). The van der Waals surface area contributed by atoms with E-state index in [-0.39, 0.29) is 30.6 Å². The van der Waals surface area contributed by atoms with Crippen LogP contribution in [-0.4, -0.2) is 32.8 Å². The van der Waals surface area contributed by atoms with Crippen LogP contribution in [0.25, 0.3) is 33.7 Å². The Morgan fingerprint density at radius 1 is 0.732 bits per heavy atom. The summed E-state index contributed by atoms with van der Waals surface area (Å²) >= 11 is 1.54. The molecule has 1 saturated heterocycles. The molecule has 9 heteroatoms. The lowest BCUT2D eigenvalue weighted by Crippen LogP contribution is -2.38. The number of aliphatic hydroxyl groups is 1. The predicted octanol–water partition coefficient (Wildman–Crippen LogP) is 10.1. The molecule has 0 spiro atoms. The number of thioether (sulfide) groups is 1. The van der Waals surface area contributed by atoms with Crippen molar-refractivity contribution in [2.75, 3.05) is 5.75 Å². The SMILES string of the molecule is CC1C(CSc2nc(-c3ccccc3)c(-c3ccccc3)o2)OC(c2ccc(-c3cccc(CNC(=O)c4cccnc4)c3)cc2)OC1c1ccc(CO)cc1. The Morgan fingerprint density at radius 2 is 1.45 bits per heavy atom. The summed E-state index contributed by atoms with van der Waals surface area (Å²) in [6, 6.07) is 48.0. The fraction of sp³-hybridized carbons (Fsp3) is 0.170. The predicted molar refractivity (Wildman–Crippen MR) is 218 cm³/mol. The van der Waals surface area contributed by atoms with Gasteiger partial charge in [-0.1, -0.05) is 146 Å². The molecule has 2 N–H and O–H groups in total. The number of carbonyl (C=O) groups is 1. The summed E-state index contributed by atoms with van der Waals surface area (Å²) in [4.78, 5) is 21.6. The monoisotopic (exact) mass is 759 g/mol. The van der Waals surface area contributed by atoms with Gasteiger partial charge in [0, 0.05) is 47.3 Å². The lowest BCUT2D eigenvalue weighted by Gasteiger charge is -2.41. The van der Waals surface area contributed by atoms with Crippen molar-refractivity contribution in [1.82, 2.24) is 15.3 Å². The standard InChI is InChI=1S/C47H41N3O5S/c1-31-41(30-56-47-50-42(35-11-4-2-5-12-35)44(55-47)36-13-6-3-7-14-36)53-46(54-43(31)37-19-17-32(29-51)18-20-37)38-23-21-34(22-24-38)39-15-8-10-33(26-39)27-49-45(52)40-16-9-25-48-28-40/h2-26,28,31,41,43,46,51H,27,29-30H2,1H3,(H,49,52). The number of nitrogens with one attached hydrogen (secondary N) is 1. The average molecular weight is 760 g/mol. The third-order valence-electron chi connectivity index (χ3n) is 10.0. The second kappa shape index (κ2) is 17.3. The Labute approximate surface area is 330 Å². The van der Waals surface area contributed by atoms with E-state index in [1.54, 1.807) is 36.3 Å². The van der Waals surface area contributed by atoms with Crippen LogP contribution < -0.4 is 5.32 Å². The van der Waals surface area contributed by atoms with E-state index >= 15 is 0 Å². The quantitative estimate of drug-likeness (QED) is 0.119. The molecule has 5 aromatic carbocycles. The molecule has 2 aromatic heterocycles. The van der Waals surface area contributed by atoms with E-state index in [0.717, 1.165) is 56.0 Å². The van der Waals surface area contributed by atoms with Crippen molar-refractivity contribution < 1.29 is 23.8 Å². The third kappa shape index (κ3) is 8.51. The van der Waals surface area contributed by atoms with Crippen LogP contribution in [0, 0.1) is 5.92 Å². The van der Waals surface area contributed by atoms with E-state index in [0.29, 0.717) is 23.1 Å². The van der Waals surface area contributed by atoms with E-state index in [1.165, 1.54) is 0 Å². The molecule has 4 atom stereocenters. The number of rotatable bonds is 12. The number of ether oxygens (including phenoxy) is 2. The fourth-order valence-electron chi connectivity index (χ4n) is 6.88. The summed E-state index contributed by atoms with van der Waals surface area (Å²) in [5.74, 6) is 1.16. The first kappa shape index (κ1) is 37.1. The van der Waals surface area contributed by atoms with Crippen LogP contribution in [0.15, 0.2) is 168 Å². The van der Waals surface area contributed by atoms with Crippen LogP contribution in [0.2, 0.25) is 0 Å². The zero-order valence-corrected chi connectivity index (χ0v) is 31.6. The summed E-state index contributed by atoms with van der Waals surface area (Å²) in [6.45, 7) is 2.53. The van der Waals surface area contributed by atoms with Crippen molar-refractivity contribution in [3.05, 3.63) is 186 Å². The molecule has 4 unspecified atom stereocenters. The topological polar surface area (TPSA) is 107 Å². The highest BCUT2D eigenvalue weighted by Crippen LogP contribution is 2.44. The summed E-state index contributed by atoms with van der Waals surface area (Å²) < 4.78 is 20.0. The summed E-state index contributed by atoms with van der Waals surface area (Å²) in [6.07, 6.45) is 2.13. The van der Waals surface area contributed by atoms with E-state index in [1.807, 2.05) is 97.1 Å². The molecule has 0 saturated carbocycles. The van der Waals surface area contributed by atoms with Crippen LogP contribution in [0.4, 0.5) is 0 Å². The minimum atomic E-state index is -0.619. The van der Waals surface area contributed by atoms with Gasteiger partial charge in [-0.2, -0.15) is 0 Å². The number of oxazole rings is 1.